The van der Waals surface area contributed by atoms with Gasteiger partial charge in [0.25, 0.3) is 0 Å². The molecule has 1 fully saturated rings. The summed E-state index contributed by atoms with van der Waals surface area (Å²) in [5.41, 5.74) is 0.849. The number of halogens is 1. The zero-order chi connectivity index (χ0) is 13.7. The molecule has 1 heterocycles. The standard InChI is InChI=1S/C15H23FNO2.Y/c1-13-5-3-6-14(16)15(13)19-12-9-17(2)7-4-10-18-11-8-17;/h3,5-6H,4,7-12H2,1-2H3;/q+1;. The molecule has 5 heteroatoms. The van der Waals surface area contributed by atoms with E-state index in [4.69, 9.17) is 9.47 Å². The van der Waals surface area contributed by atoms with Crippen LogP contribution >= 0.6 is 0 Å². The summed E-state index contributed by atoms with van der Waals surface area (Å²) in [5.74, 6) is 0.113. The Hall–Kier alpha value is -0.0261. The Morgan fingerprint density at radius 1 is 1.30 bits per heavy atom. The van der Waals surface area contributed by atoms with E-state index in [2.05, 4.69) is 7.05 Å². The van der Waals surface area contributed by atoms with Gasteiger partial charge in [-0.2, -0.15) is 0 Å². The Kier molecular flexibility index (Phi) is 7.59. The fourth-order valence-corrected chi connectivity index (χ4v) is 2.44. The van der Waals surface area contributed by atoms with Crippen LogP contribution in [0.2, 0.25) is 0 Å². The molecular weight excluding hydrogens is 334 g/mol. The van der Waals surface area contributed by atoms with Gasteiger partial charge in [0.2, 0.25) is 0 Å². The van der Waals surface area contributed by atoms with Crippen LogP contribution in [-0.2, 0) is 37.4 Å². The molecule has 1 unspecified atom stereocenters. The normalized spacial score (nSPS) is 22.8. The summed E-state index contributed by atoms with van der Waals surface area (Å²) in [7, 11) is 2.21. The second-order valence-electron chi connectivity index (χ2n) is 5.49. The molecular formula is C15H23FNO2Y+. The van der Waals surface area contributed by atoms with Gasteiger partial charge in [-0.25, -0.2) is 4.39 Å². The summed E-state index contributed by atoms with van der Waals surface area (Å²) in [6.07, 6.45) is 1.08. The Morgan fingerprint density at radius 2 is 2.10 bits per heavy atom. The second kappa shape index (κ2) is 8.42. The van der Waals surface area contributed by atoms with Crippen molar-refractivity contribution in [3.05, 3.63) is 29.6 Å². The zero-order valence-electron chi connectivity index (χ0n) is 12.4. The van der Waals surface area contributed by atoms with Crippen LogP contribution < -0.4 is 4.74 Å². The number of hydrogen-bond donors (Lipinski definition) is 0. The SMILES string of the molecule is Cc1cccc(F)c1OCC[N+]1(C)CCCOCC1.[Y]. The number of aryl methyl sites for hydroxylation is 1. The van der Waals surface area contributed by atoms with E-state index in [0.717, 1.165) is 49.3 Å². The van der Waals surface area contributed by atoms with Gasteiger partial charge in [0.15, 0.2) is 11.6 Å². The maximum absolute atomic E-state index is 13.6. The van der Waals surface area contributed by atoms with E-state index in [1.165, 1.54) is 6.07 Å². The summed E-state index contributed by atoms with van der Waals surface area (Å²) in [6, 6.07) is 5.02. The van der Waals surface area contributed by atoms with Crippen LogP contribution in [0, 0.1) is 12.7 Å². The van der Waals surface area contributed by atoms with Crippen molar-refractivity contribution < 1.29 is 51.1 Å². The van der Waals surface area contributed by atoms with Crippen molar-refractivity contribution in [2.45, 2.75) is 13.3 Å². The number of rotatable bonds is 4. The van der Waals surface area contributed by atoms with E-state index in [0.29, 0.717) is 12.4 Å². The molecule has 0 aromatic heterocycles. The molecule has 109 valence electrons. The summed E-state index contributed by atoms with van der Waals surface area (Å²) >= 11 is 0. The average molecular weight is 357 g/mol. The topological polar surface area (TPSA) is 18.5 Å². The van der Waals surface area contributed by atoms with Crippen LogP contribution in [0.25, 0.3) is 0 Å². The first kappa shape index (κ1) is 18.0. The van der Waals surface area contributed by atoms with E-state index in [1.807, 2.05) is 13.0 Å². The van der Waals surface area contributed by atoms with Crippen molar-refractivity contribution in [3.8, 4) is 5.75 Å². The predicted octanol–water partition coefficient (Wildman–Crippen LogP) is 2.38. The summed E-state index contributed by atoms with van der Waals surface area (Å²) < 4.78 is 25.7. The van der Waals surface area contributed by atoms with Crippen LogP contribution in [0.3, 0.4) is 0 Å². The molecule has 3 nitrogen and oxygen atoms in total. The molecule has 0 bridgehead atoms. The third-order valence-electron chi connectivity index (χ3n) is 3.80. The molecule has 1 aliphatic heterocycles. The molecule has 0 saturated carbocycles. The molecule has 2 rings (SSSR count). The van der Waals surface area contributed by atoms with Crippen molar-refractivity contribution in [3.63, 3.8) is 0 Å². The van der Waals surface area contributed by atoms with E-state index < -0.39 is 0 Å². The molecule has 1 saturated heterocycles. The first-order valence-corrected chi connectivity index (χ1v) is 6.90. The van der Waals surface area contributed by atoms with Gasteiger partial charge in [0, 0.05) is 39.1 Å². The molecule has 0 amide bonds. The number of benzene rings is 1. The van der Waals surface area contributed by atoms with Crippen LogP contribution in [0.4, 0.5) is 4.39 Å². The Bertz CT molecular complexity index is 400. The molecule has 0 aliphatic carbocycles. The fourth-order valence-electron chi connectivity index (χ4n) is 2.44. The molecule has 20 heavy (non-hydrogen) atoms. The number of nitrogens with zero attached hydrogens (tertiary/aromatic N) is 1. The molecule has 1 atom stereocenters. The minimum Gasteiger partial charge on any atom is -0.484 e. The molecule has 1 aliphatic rings. The van der Waals surface area contributed by atoms with Crippen LogP contribution in [0.1, 0.15) is 12.0 Å². The Balaban J connectivity index is 0.00000200. The smallest absolute Gasteiger partial charge is 0.165 e. The third-order valence-corrected chi connectivity index (χ3v) is 3.80. The van der Waals surface area contributed by atoms with Gasteiger partial charge < -0.3 is 14.0 Å². The van der Waals surface area contributed by atoms with Gasteiger partial charge in [-0.15, -0.1) is 0 Å². The summed E-state index contributed by atoms with van der Waals surface area (Å²) in [4.78, 5) is 0. The Labute approximate surface area is 145 Å². The van der Waals surface area contributed by atoms with Crippen molar-refractivity contribution in [1.82, 2.24) is 0 Å². The maximum atomic E-state index is 13.6. The van der Waals surface area contributed by atoms with Crippen molar-refractivity contribution >= 4 is 0 Å². The van der Waals surface area contributed by atoms with Crippen molar-refractivity contribution in [2.24, 2.45) is 0 Å². The quantitative estimate of drug-likeness (QED) is 0.771. The van der Waals surface area contributed by atoms with Crippen LogP contribution in [0.5, 0.6) is 5.75 Å². The van der Waals surface area contributed by atoms with Gasteiger partial charge in [-0.1, -0.05) is 12.1 Å². The van der Waals surface area contributed by atoms with E-state index in [-0.39, 0.29) is 38.5 Å². The van der Waals surface area contributed by atoms with E-state index >= 15 is 0 Å². The minimum atomic E-state index is -0.276. The predicted molar refractivity (Wildman–Crippen MR) is 72.9 cm³/mol. The third kappa shape index (κ3) is 5.07. The summed E-state index contributed by atoms with van der Waals surface area (Å²) in [5, 5.41) is 0. The number of hydrogen-bond acceptors (Lipinski definition) is 2. The largest absolute Gasteiger partial charge is 0.484 e. The number of ether oxygens (including phenoxy) is 2. The second-order valence-corrected chi connectivity index (χ2v) is 5.49. The number of quaternary nitrogens is 1. The number of para-hydroxylation sites is 1. The first-order valence-electron chi connectivity index (χ1n) is 6.90. The molecule has 0 N–H and O–H groups in total. The van der Waals surface area contributed by atoms with Crippen LogP contribution in [0.15, 0.2) is 18.2 Å². The van der Waals surface area contributed by atoms with Crippen molar-refractivity contribution in [1.29, 1.82) is 0 Å². The maximum Gasteiger partial charge on any atom is 0.165 e. The summed E-state index contributed by atoms with van der Waals surface area (Å²) in [6.45, 7) is 7.04. The molecule has 1 radical (unpaired) electrons. The van der Waals surface area contributed by atoms with Gasteiger partial charge in [0.05, 0.1) is 26.8 Å². The van der Waals surface area contributed by atoms with Gasteiger partial charge >= 0.3 is 0 Å². The monoisotopic (exact) mass is 357 g/mol. The van der Waals surface area contributed by atoms with Gasteiger partial charge in [-0.05, 0) is 18.6 Å². The van der Waals surface area contributed by atoms with Crippen LogP contribution in [-0.4, -0.2) is 51.0 Å². The molecule has 1 aromatic rings. The van der Waals surface area contributed by atoms with E-state index in [9.17, 15) is 4.39 Å². The molecule has 0 spiro atoms. The average Bonchev–Trinajstić information content (AvgIpc) is 2.58. The van der Waals surface area contributed by atoms with Gasteiger partial charge in [-0.3, -0.25) is 0 Å². The number of likely N-dealkylation sites (N-methyl/N-ethyl adjacent to an activating group) is 1. The minimum absolute atomic E-state index is 0. The Morgan fingerprint density at radius 3 is 2.85 bits per heavy atom. The van der Waals surface area contributed by atoms with Gasteiger partial charge in [0.1, 0.15) is 19.7 Å². The van der Waals surface area contributed by atoms with E-state index in [1.54, 1.807) is 6.07 Å². The molecule has 1 aromatic carbocycles. The van der Waals surface area contributed by atoms with Crippen molar-refractivity contribution in [2.75, 3.05) is 46.5 Å². The first-order chi connectivity index (χ1) is 9.11. The fraction of sp³-hybridized carbons (Fsp3) is 0.600. The zero-order valence-corrected chi connectivity index (χ0v) is 15.2.